The zero-order valence-electron chi connectivity index (χ0n) is 13.0. The summed E-state index contributed by atoms with van der Waals surface area (Å²) in [5.74, 6) is -0.752. The Morgan fingerprint density at radius 2 is 1.96 bits per heavy atom. The maximum atomic E-state index is 12.9. The highest BCUT2D eigenvalue weighted by molar-refractivity contribution is 7.89. The van der Waals surface area contributed by atoms with Crippen LogP contribution in [0.15, 0.2) is 40.8 Å². The fourth-order valence-corrected chi connectivity index (χ4v) is 4.97. The van der Waals surface area contributed by atoms with Gasteiger partial charge in [-0.2, -0.15) is 4.31 Å². The Labute approximate surface area is 135 Å². The molecule has 2 aliphatic rings. The van der Waals surface area contributed by atoms with Crippen LogP contribution in [0.1, 0.15) is 12.0 Å². The van der Waals surface area contributed by atoms with E-state index in [2.05, 4.69) is 0 Å². The lowest BCUT2D eigenvalue weighted by molar-refractivity contribution is -0.136. The first-order chi connectivity index (χ1) is 10.8. The van der Waals surface area contributed by atoms with E-state index in [0.29, 0.717) is 12.0 Å². The van der Waals surface area contributed by atoms with Crippen LogP contribution in [0.2, 0.25) is 0 Å². The first kappa shape index (κ1) is 16.2. The van der Waals surface area contributed by atoms with Crippen LogP contribution in [-0.2, 0) is 19.6 Å². The average Bonchev–Trinajstić information content (AvgIpc) is 2.92. The fourth-order valence-electron chi connectivity index (χ4n) is 3.28. The van der Waals surface area contributed by atoms with Crippen molar-refractivity contribution in [1.29, 1.82) is 0 Å². The zero-order chi connectivity index (χ0) is 16.8. The molecule has 0 unspecified atom stereocenters. The predicted molar refractivity (Wildman–Crippen MR) is 83.1 cm³/mol. The number of ether oxygens (including phenoxy) is 1. The molecule has 2 bridgehead atoms. The highest BCUT2D eigenvalue weighted by Gasteiger charge is 2.48. The van der Waals surface area contributed by atoms with Gasteiger partial charge in [-0.05, 0) is 31.6 Å². The molecule has 1 aromatic carbocycles. The second-order valence-corrected chi connectivity index (χ2v) is 7.88. The molecule has 1 saturated heterocycles. The third-order valence-electron chi connectivity index (χ3n) is 4.53. The predicted octanol–water partition coefficient (Wildman–Crippen LogP) is 0.848. The Hall–Kier alpha value is -1.70. The molecule has 0 saturated carbocycles. The van der Waals surface area contributed by atoms with Gasteiger partial charge in [0, 0.05) is 18.0 Å². The molecular formula is C16H19NO5S. The summed E-state index contributed by atoms with van der Waals surface area (Å²) in [4.78, 5) is 12.0. The number of benzene rings is 1. The molecule has 7 heteroatoms. The van der Waals surface area contributed by atoms with Crippen LogP contribution in [0.5, 0.6) is 0 Å². The summed E-state index contributed by atoms with van der Waals surface area (Å²) in [5.41, 5.74) is 1.33. The number of carbonyl (C=O) groups excluding carboxylic acids is 1. The monoisotopic (exact) mass is 337 g/mol. The van der Waals surface area contributed by atoms with Gasteiger partial charge in [0.2, 0.25) is 10.0 Å². The Morgan fingerprint density at radius 1 is 1.30 bits per heavy atom. The molecule has 1 heterocycles. The third-order valence-corrected chi connectivity index (χ3v) is 6.43. The van der Waals surface area contributed by atoms with Gasteiger partial charge in [0.25, 0.3) is 0 Å². The number of carbonyl (C=O) groups is 1. The van der Waals surface area contributed by atoms with Crippen molar-refractivity contribution in [2.45, 2.75) is 30.4 Å². The lowest BCUT2D eigenvalue weighted by Gasteiger charge is -2.27. The smallest absolute Gasteiger partial charge is 0.333 e. The van der Waals surface area contributed by atoms with Crippen molar-refractivity contribution < 1.29 is 23.1 Å². The highest BCUT2D eigenvalue weighted by Crippen LogP contribution is 2.39. The number of hydrogen-bond acceptors (Lipinski definition) is 5. The van der Waals surface area contributed by atoms with Crippen LogP contribution in [0, 0.1) is 12.8 Å². The Bertz CT molecular complexity index is 753. The summed E-state index contributed by atoms with van der Waals surface area (Å²) in [6.45, 7) is 2.06. The first-order valence-electron chi connectivity index (χ1n) is 7.41. The number of methoxy groups -OCH3 is 1. The van der Waals surface area contributed by atoms with Gasteiger partial charge < -0.3 is 9.84 Å². The minimum Gasteiger partial charge on any atom is -0.466 e. The van der Waals surface area contributed by atoms with Crippen LogP contribution in [0.3, 0.4) is 0 Å². The quantitative estimate of drug-likeness (QED) is 0.827. The van der Waals surface area contributed by atoms with Gasteiger partial charge in [-0.1, -0.05) is 17.7 Å². The van der Waals surface area contributed by atoms with Gasteiger partial charge in [-0.15, -0.1) is 0 Å². The normalized spacial score (nSPS) is 27.6. The van der Waals surface area contributed by atoms with Crippen molar-refractivity contribution in [3.05, 3.63) is 41.5 Å². The Kier molecular flexibility index (Phi) is 4.03. The summed E-state index contributed by atoms with van der Waals surface area (Å²) in [6.07, 6.45) is 0.839. The van der Waals surface area contributed by atoms with E-state index in [4.69, 9.17) is 4.74 Å². The molecule has 1 aromatic rings. The van der Waals surface area contributed by atoms with E-state index in [0.717, 1.165) is 5.56 Å². The van der Waals surface area contributed by atoms with Crippen molar-refractivity contribution in [2.75, 3.05) is 13.7 Å². The van der Waals surface area contributed by atoms with E-state index >= 15 is 0 Å². The summed E-state index contributed by atoms with van der Waals surface area (Å²) in [6, 6.07) is 6.06. The molecule has 1 fully saturated rings. The van der Waals surface area contributed by atoms with E-state index in [-0.39, 0.29) is 17.4 Å². The fraction of sp³-hybridized carbons (Fsp3) is 0.438. The van der Waals surface area contributed by atoms with Crippen LogP contribution < -0.4 is 0 Å². The number of aliphatic hydroxyl groups is 1. The molecular weight excluding hydrogens is 318 g/mol. The number of rotatable bonds is 3. The first-order valence-corrected chi connectivity index (χ1v) is 8.85. The summed E-state index contributed by atoms with van der Waals surface area (Å²) >= 11 is 0. The largest absolute Gasteiger partial charge is 0.466 e. The average molecular weight is 337 g/mol. The van der Waals surface area contributed by atoms with Gasteiger partial charge in [-0.25, -0.2) is 13.2 Å². The van der Waals surface area contributed by atoms with Gasteiger partial charge in [0.1, 0.15) is 0 Å². The van der Waals surface area contributed by atoms with Gasteiger partial charge in [-0.3, -0.25) is 0 Å². The molecule has 0 spiro atoms. The van der Waals surface area contributed by atoms with Crippen molar-refractivity contribution in [3.8, 4) is 0 Å². The molecule has 23 heavy (non-hydrogen) atoms. The molecule has 0 amide bonds. The highest BCUT2D eigenvalue weighted by atomic mass is 32.2. The number of sulfonamides is 1. The van der Waals surface area contributed by atoms with Gasteiger partial charge >= 0.3 is 5.97 Å². The van der Waals surface area contributed by atoms with E-state index in [9.17, 15) is 18.3 Å². The van der Waals surface area contributed by atoms with Crippen molar-refractivity contribution >= 4 is 16.0 Å². The molecule has 1 aliphatic heterocycles. The van der Waals surface area contributed by atoms with Crippen LogP contribution >= 0.6 is 0 Å². The maximum absolute atomic E-state index is 12.9. The summed E-state index contributed by atoms with van der Waals surface area (Å²) in [7, 11) is -2.44. The molecule has 124 valence electrons. The van der Waals surface area contributed by atoms with E-state index < -0.39 is 28.1 Å². The number of fused-ring (bicyclic) bond motifs is 2. The SMILES string of the molecule is COC(=O)C1=C[C@@H](O)[C@@H]2C[C@H]1CN2S(=O)(=O)c1ccc(C)cc1. The van der Waals surface area contributed by atoms with Crippen LogP contribution in [-0.4, -0.2) is 49.6 Å². The third kappa shape index (κ3) is 2.69. The van der Waals surface area contributed by atoms with Crippen LogP contribution in [0.25, 0.3) is 0 Å². The standard InChI is InChI=1S/C16H19NO5S/c1-10-3-5-12(6-4-10)23(20,21)17-9-11-7-14(17)15(18)8-13(11)16(19)22-2/h3-6,8,11,14-15,18H,7,9H2,1-2H3/t11-,14-,15+/m0/s1. The second-order valence-electron chi connectivity index (χ2n) is 5.99. The van der Waals surface area contributed by atoms with Gasteiger partial charge in [0.15, 0.2) is 0 Å². The lowest BCUT2D eigenvalue weighted by atomic mass is 9.87. The van der Waals surface area contributed by atoms with Crippen molar-refractivity contribution in [3.63, 3.8) is 0 Å². The summed E-state index contributed by atoms with van der Waals surface area (Å²) in [5, 5.41) is 10.2. The number of aryl methyl sites for hydroxylation is 1. The molecule has 0 radical (unpaired) electrons. The van der Waals surface area contributed by atoms with Gasteiger partial charge in [0.05, 0.1) is 24.2 Å². The molecule has 1 aliphatic carbocycles. The van der Waals surface area contributed by atoms with E-state index in [1.165, 1.54) is 17.5 Å². The Morgan fingerprint density at radius 3 is 2.57 bits per heavy atom. The molecule has 3 rings (SSSR count). The minimum atomic E-state index is -3.71. The number of hydrogen-bond donors (Lipinski definition) is 1. The van der Waals surface area contributed by atoms with E-state index in [1.807, 2.05) is 6.92 Å². The molecule has 3 atom stereocenters. The molecule has 0 aromatic heterocycles. The Balaban J connectivity index is 1.92. The molecule has 6 nitrogen and oxygen atoms in total. The maximum Gasteiger partial charge on any atom is 0.333 e. The van der Waals surface area contributed by atoms with E-state index in [1.54, 1.807) is 24.3 Å². The number of aliphatic hydroxyl groups excluding tert-OH is 1. The second kappa shape index (κ2) is 5.74. The zero-order valence-corrected chi connectivity index (χ0v) is 13.8. The topological polar surface area (TPSA) is 83.9 Å². The lowest BCUT2D eigenvalue weighted by Crippen LogP contribution is -2.42. The van der Waals surface area contributed by atoms with Crippen LogP contribution in [0.4, 0.5) is 0 Å². The van der Waals surface area contributed by atoms with Crippen molar-refractivity contribution in [1.82, 2.24) is 4.31 Å². The number of esters is 1. The minimum absolute atomic E-state index is 0.179. The van der Waals surface area contributed by atoms with Crippen molar-refractivity contribution in [2.24, 2.45) is 5.92 Å². The summed E-state index contributed by atoms with van der Waals surface area (Å²) < 4.78 is 31.7. The molecule has 1 N–H and O–H groups in total. The number of nitrogens with zero attached hydrogens (tertiary/aromatic N) is 1.